The molecule has 3 rings (SSSR count). The molecule has 1 atom stereocenters. The van der Waals surface area contributed by atoms with E-state index in [1.54, 1.807) is 18.3 Å². The third-order valence-electron chi connectivity index (χ3n) is 3.50. The molecular formula is C16H16FN3O. The van der Waals surface area contributed by atoms with E-state index in [-0.39, 0.29) is 17.6 Å². The number of aromatic nitrogens is 2. The molecule has 0 saturated carbocycles. The van der Waals surface area contributed by atoms with Crippen LogP contribution < -0.4 is 10.1 Å². The lowest BCUT2D eigenvalue weighted by Gasteiger charge is -2.16. The molecule has 1 unspecified atom stereocenters. The first kappa shape index (κ1) is 13.4. The maximum atomic E-state index is 13.4. The minimum absolute atomic E-state index is 0.0313. The van der Waals surface area contributed by atoms with Crippen molar-refractivity contribution in [1.29, 1.82) is 0 Å². The number of nitrogens with zero attached hydrogens (tertiary/aromatic N) is 1. The Bertz CT molecular complexity index is 769. The van der Waals surface area contributed by atoms with Crippen molar-refractivity contribution in [2.75, 3.05) is 12.4 Å². The van der Waals surface area contributed by atoms with Gasteiger partial charge in [-0.2, -0.15) is 5.10 Å². The molecule has 0 aliphatic rings. The Balaban J connectivity index is 1.83. The second kappa shape index (κ2) is 5.44. The molecule has 0 saturated heterocycles. The Morgan fingerprint density at radius 1 is 1.24 bits per heavy atom. The van der Waals surface area contributed by atoms with Gasteiger partial charge in [-0.25, -0.2) is 4.39 Å². The number of nitrogens with one attached hydrogen (secondary N) is 2. The fourth-order valence-corrected chi connectivity index (χ4v) is 2.31. The SMILES string of the molecule is COc1cc(C(C)Nc2ccc3[nH]ncc3c2)ccc1F. The molecule has 108 valence electrons. The average Bonchev–Trinajstić information content (AvgIpc) is 2.95. The van der Waals surface area contributed by atoms with Crippen LogP contribution in [0.3, 0.4) is 0 Å². The summed E-state index contributed by atoms with van der Waals surface area (Å²) in [5.74, 6) is -0.0975. The van der Waals surface area contributed by atoms with E-state index in [1.807, 2.05) is 25.1 Å². The summed E-state index contributed by atoms with van der Waals surface area (Å²) >= 11 is 0. The summed E-state index contributed by atoms with van der Waals surface area (Å²) in [6.45, 7) is 2.02. The summed E-state index contributed by atoms with van der Waals surface area (Å²) in [5.41, 5.74) is 2.94. The number of hydrogen-bond acceptors (Lipinski definition) is 3. The van der Waals surface area contributed by atoms with Crippen LogP contribution in [0.2, 0.25) is 0 Å². The van der Waals surface area contributed by atoms with Gasteiger partial charge in [0, 0.05) is 17.1 Å². The van der Waals surface area contributed by atoms with Gasteiger partial charge < -0.3 is 10.1 Å². The van der Waals surface area contributed by atoms with Crippen molar-refractivity contribution in [1.82, 2.24) is 10.2 Å². The smallest absolute Gasteiger partial charge is 0.165 e. The number of ether oxygens (including phenoxy) is 1. The third kappa shape index (κ3) is 2.67. The van der Waals surface area contributed by atoms with E-state index in [0.29, 0.717) is 0 Å². The maximum absolute atomic E-state index is 13.4. The number of fused-ring (bicyclic) bond motifs is 1. The molecule has 0 aliphatic carbocycles. The summed E-state index contributed by atoms with van der Waals surface area (Å²) in [7, 11) is 1.47. The van der Waals surface area contributed by atoms with E-state index in [2.05, 4.69) is 15.5 Å². The van der Waals surface area contributed by atoms with Crippen LogP contribution in [0.15, 0.2) is 42.6 Å². The van der Waals surface area contributed by atoms with Crippen molar-refractivity contribution in [2.45, 2.75) is 13.0 Å². The van der Waals surface area contributed by atoms with E-state index in [0.717, 1.165) is 22.2 Å². The third-order valence-corrected chi connectivity index (χ3v) is 3.50. The molecule has 21 heavy (non-hydrogen) atoms. The molecule has 0 radical (unpaired) electrons. The van der Waals surface area contributed by atoms with Crippen LogP contribution in [0.25, 0.3) is 10.9 Å². The Morgan fingerprint density at radius 2 is 2.10 bits per heavy atom. The van der Waals surface area contributed by atoms with Gasteiger partial charge in [-0.05, 0) is 42.8 Å². The van der Waals surface area contributed by atoms with Gasteiger partial charge in [0.25, 0.3) is 0 Å². The highest BCUT2D eigenvalue weighted by atomic mass is 19.1. The predicted octanol–water partition coefficient (Wildman–Crippen LogP) is 3.88. The van der Waals surface area contributed by atoms with Gasteiger partial charge >= 0.3 is 0 Å². The van der Waals surface area contributed by atoms with E-state index < -0.39 is 0 Å². The van der Waals surface area contributed by atoms with Gasteiger partial charge in [-0.1, -0.05) is 6.07 Å². The molecule has 0 spiro atoms. The van der Waals surface area contributed by atoms with Crippen LogP contribution >= 0.6 is 0 Å². The first-order valence-electron chi connectivity index (χ1n) is 6.70. The number of anilines is 1. The summed E-state index contributed by atoms with van der Waals surface area (Å²) in [6.07, 6.45) is 1.78. The second-order valence-corrected chi connectivity index (χ2v) is 4.93. The summed E-state index contributed by atoms with van der Waals surface area (Å²) in [6, 6.07) is 10.9. The van der Waals surface area contributed by atoms with Crippen molar-refractivity contribution >= 4 is 16.6 Å². The van der Waals surface area contributed by atoms with Crippen molar-refractivity contribution in [3.8, 4) is 5.75 Å². The highest BCUT2D eigenvalue weighted by molar-refractivity contribution is 5.81. The van der Waals surface area contributed by atoms with Crippen LogP contribution in [0, 0.1) is 5.82 Å². The minimum Gasteiger partial charge on any atom is -0.494 e. The van der Waals surface area contributed by atoms with Crippen molar-refractivity contribution in [3.63, 3.8) is 0 Å². The molecule has 1 aromatic heterocycles. The van der Waals surface area contributed by atoms with Gasteiger partial charge in [-0.3, -0.25) is 5.10 Å². The predicted molar refractivity (Wildman–Crippen MR) is 81.1 cm³/mol. The van der Waals surface area contributed by atoms with Crippen molar-refractivity contribution in [3.05, 3.63) is 54.0 Å². The van der Waals surface area contributed by atoms with E-state index in [1.165, 1.54) is 13.2 Å². The van der Waals surface area contributed by atoms with Crippen LogP contribution in [0.1, 0.15) is 18.5 Å². The molecule has 0 aliphatic heterocycles. The molecule has 4 nitrogen and oxygen atoms in total. The average molecular weight is 285 g/mol. The first-order chi connectivity index (χ1) is 10.2. The van der Waals surface area contributed by atoms with Crippen LogP contribution in [-0.4, -0.2) is 17.3 Å². The Labute approximate surface area is 121 Å². The number of H-pyrrole nitrogens is 1. The Kier molecular flexibility index (Phi) is 3.48. The van der Waals surface area contributed by atoms with Gasteiger partial charge in [0.2, 0.25) is 0 Å². The summed E-state index contributed by atoms with van der Waals surface area (Å²) in [4.78, 5) is 0. The quantitative estimate of drug-likeness (QED) is 0.764. The lowest BCUT2D eigenvalue weighted by atomic mass is 10.1. The normalized spacial score (nSPS) is 12.3. The lowest BCUT2D eigenvalue weighted by molar-refractivity contribution is 0.385. The van der Waals surface area contributed by atoms with E-state index in [4.69, 9.17) is 4.74 Å². The topological polar surface area (TPSA) is 49.9 Å². The van der Waals surface area contributed by atoms with Gasteiger partial charge in [-0.15, -0.1) is 0 Å². The van der Waals surface area contributed by atoms with Gasteiger partial charge in [0.05, 0.1) is 18.8 Å². The molecular weight excluding hydrogens is 269 g/mol. The minimum atomic E-state index is -0.353. The molecule has 2 N–H and O–H groups in total. The molecule has 0 fully saturated rings. The zero-order valence-electron chi connectivity index (χ0n) is 11.9. The number of benzene rings is 2. The number of rotatable bonds is 4. The standard InChI is InChI=1S/C16H16FN3O/c1-10(11-3-5-14(17)16(8-11)21-2)19-13-4-6-15-12(7-13)9-18-20-15/h3-10,19H,1-2H3,(H,18,20). The van der Waals surface area contributed by atoms with E-state index >= 15 is 0 Å². The second-order valence-electron chi connectivity index (χ2n) is 4.93. The largest absolute Gasteiger partial charge is 0.494 e. The summed E-state index contributed by atoms with van der Waals surface area (Å²) in [5, 5.41) is 11.4. The maximum Gasteiger partial charge on any atom is 0.165 e. The van der Waals surface area contributed by atoms with E-state index in [9.17, 15) is 4.39 Å². The number of methoxy groups -OCH3 is 1. The van der Waals surface area contributed by atoms with Crippen molar-refractivity contribution < 1.29 is 9.13 Å². The molecule has 2 aromatic carbocycles. The van der Waals surface area contributed by atoms with Crippen LogP contribution in [0.5, 0.6) is 5.75 Å². The zero-order chi connectivity index (χ0) is 14.8. The number of halogens is 1. The fraction of sp³-hybridized carbons (Fsp3) is 0.188. The van der Waals surface area contributed by atoms with Gasteiger partial charge in [0.1, 0.15) is 0 Å². The fourth-order valence-electron chi connectivity index (χ4n) is 2.31. The molecule has 0 bridgehead atoms. The Hall–Kier alpha value is -2.56. The Morgan fingerprint density at radius 3 is 2.90 bits per heavy atom. The number of hydrogen-bond donors (Lipinski definition) is 2. The lowest BCUT2D eigenvalue weighted by Crippen LogP contribution is -2.07. The molecule has 1 heterocycles. The monoisotopic (exact) mass is 285 g/mol. The number of aromatic amines is 1. The van der Waals surface area contributed by atoms with Crippen LogP contribution in [-0.2, 0) is 0 Å². The van der Waals surface area contributed by atoms with Crippen LogP contribution in [0.4, 0.5) is 10.1 Å². The first-order valence-corrected chi connectivity index (χ1v) is 6.70. The molecule has 3 aromatic rings. The highest BCUT2D eigenvalue weighted by Crippen LogP contribution is 2.26. The zero-order valence-corrected chi connectivity index (χ0v) is 11.9. The molecule has 5 heteroatoms. The molecule has 0 amide bonds. The van der Waals surface area contributed by atoms with Crippen molar-refractivity contribution in [2.24, 2.45) is 0 Å². The highest BCUT2D eigenvalue weighted by Gasteiger charge is 2.10. The summed E-state index contributed by atoms with van der Waals surface area (Å²) < 4.78 is 18.5. The van der Waals surface area contributed by atoms with Gasteiger partial charge in [0.15, 0.2) is 11.6 Å².